The highest BCUT2D eigenvalue weighted by Gasteiger charge is 2.07. The zero-order valence-electron chi connectivity index (χ0n) is 9.71. The van der Waals surface area contributed by atoms with Gasteiger partial charge in [-0.1, -0.05) is 11.8 Å². The lowest BCUT2D eigenvalue weighted by Crippen LogP contribution is -2.14. The zero-order chi connectivity index (χ0) is 13.8. The highest BCUT2D eigenvalue weighted by atomic mass is 32.2. The summed E-state index contributed by atoms with van der Waals surface area (Å²) in [6, 6.07) is 7.68. The van der Waals surface area contributed by atoms with Gasteiger partial charge in [-0.3, -0.25) is 10.2 Å². The van der Waals surface area contributed by atoms with Crippen LogP contribution in [-0.2, 0) is 4.79 Å². The molecule has 7 heteroatoms. The van der Waals surface area contributed by atoms with Crippen LogP contribution in [0.25, 0.3) is 11.0 Å². The van der Waals surface area contributed by atoms with E-state index in [1.807, 2.05) is 0 Å². The normalized spacial score (nSPS) is 10.3. The third kappa shape index (κ3) is 3.59. The minimum absolute atomic E-state index is 0.0495. The highest BCUT2D eigenvalue weighted by Crippen LogP contribution is 2.19. The summed E-state index contributed by atoms with van der Waals surface area (Å²) in [7, 11) is 0. The van der Waals surface area contributed by atoms with E-state index in [9.17, 15) is 9.59 Å². The molecule has 1 aromatic heterocycles. The van der Waals surface area contributed by atoms with E-state index in [-0.39, 0.29) is 16.7 Å². The van der Waals surface area contributed by atoms with E-state index in [2.05, 4.69) is 0 Å². The summed E-state index contributed by atoms with van der Waals surface area (Å²) in [5.41, 5.74) is 4.99. The van der Waals surface area contributed by atoms with Crippen molar-refractivity contribution in [2.45, 2.75) is 0 Å². The Labute approximate surface area is 112 Å². The van der Waals surface area contributed by atoms with E-state index in [4.69, 9.17) is 20.3 Å². The van der Waals surface area contributed by atoms with Gasteiger partial charge in [-0.25, -0.2) is 4.79 Å². The van der Waals surface area contributed by atoms with Crippen LogP contribution in [0.5, 0.6) is 5.75 Å². The van der Waals surface area contributed by atoms with Crippen LogP contribution < -0.4 is 16.1 Å². The molecule has 0 radical (unpaired) electrons. The minimum atomic E-state index is -0.530. The lowest BCUT2D eigenvalue weighted by Gasteiger charge is -2.04. The Balaban J connectivity index is 2.15. The maximum absolute atomic E-state index is 11.4. The van der Waals surface area contributed by atoms with Crippen molar-refractivity contribution in [3.05, 3.63) is 40.8 Å². The maximum atomic E-state index is 11.4. The van der Waals surface area contributed by atoms with Crippen molar-refractivity contribution in [2.24, 2.45) is 5.73 Å². The highest BCUT2D eigenvalue weighted by molar-refractivity contribution is 8.14. The molecule has 98 valence electrons. The van der Waals surface area contributed by atoms with Gasteiger partial charge in [0.25, 0.3) is 0 Å². The molecule has 19 heavy (non-hydrogen) atoms. The molecule has 1 aromatic carbocycles. The van der Waals surface area contributed by atoms with Gasteiger partial charge < -0.3 is 14.9 Å². The Morgan fingerprint density at radius 3 is 2.84 bits per heavy atom. The van der Waals surface area contributed by atoms with E-state index in [1.165, 1.54) is 12.1 Å². The third-order valence-corrected chi connectivity index (χ3v) is 2.86. The quantitative estimate of drug-likeness (QED) is 0.288. The lowest BCUT2D eigenvalue weighted by atomic mass is 10.2. The van der Waals surface area contributed by atoms with Crippen molar-refractivity contribution in [3.63, 3.8) is 0 Å². The van der Waals surface area contributed by atoms with Crippen LogP contribution in [0.2, 0.25) is 0 Å². The van der Waals surface area contributed by atoms with Crippen molar-refractivity contribution >= 4 is 33.9 Å². The van der Waals surface area contributed by atoms with Crippen LogP contribution in [0, 0.1) is 5.41 Å². The Morgan fingerprint density at radius 2 is 2.11 bits per heavy atom. The summed E-state index contributed by atoms with van der Waals surface area (Å²) in [6.45, 7) is 0. The first-order valence-electron chi connectivity index (χ1n) is 5.26. The van der Waals surface area contributed by atoms with Crippen LogP contribution in [0.15, 0.2) is 39.5 Å². The summed E-state index contributed by atoms with van der Waals surface area (Å²) in [5.74, 6) is -0.305. The summed E-state index contributed by atoms with van der Waals surface area (Å²) in [5, 5.41) is 7.56. The Hall–Kier alpha value is -2.28. The standard InChI is InChI=1S/C12H10N2O4S/c13-12(14)19-6-11(16)17-8-3-1-7-2-4-10(15)18-9(7)5-8/h1-5H,6H2,(H3,13,14). The molecule has 2 aromatic rings. The fourth-order valence-electron chi connectivity index (χ4n) is 1.40. The number of hydrogen-bond donors (Lipinski definition) is 2. The van der Waals surface area contributed by atoms with Gasteiger partial charge in [-0.05, 0) is 18.2 Å². The number of benzene rings is 1. The van der Waals surface area contributed by atoms with E-state index in [0.29, 0.717) is 5.58 Å². The predicted octanol–water partition coefficient (Wildman–Crippen LogP) is 1.33. The van der Waals surface area contributed by atoms with Crippen LogP contribution >= 0.6 is 11.8 Å². The van der Waals surface area contributed by atoms with Gasteiger partial charge in [-0.15, -0.1) is 0 Å². The molecule has 3 N–H and O–H groups in total. The number of nitrogens with one attached hydrogen (secondary N) is 1. The number of esters is 1. The molecule has 0 aliphatic carbocycles. The Bertz CT molecular complexity index is 695. The monoisotopic (exact) mass is 278 g/mol. The van der Waals surface area contributed by atoms with Gasteiger partial charge in [0.05, 0.1) is 5.75 Å². The second-order valence-electron chi connectivity index (χ2n) is 3.58. The fraction of sp³-hybridized carbons (Fsp3) is 0.0833. The number of amidine groups is 1. The van der Waals surface area contributed by atoms with Crippen LogP contribution in [0.1, 0.15) is 0 Å². The molecule has 0 unspecified atom stereocenters. The number of ether oxygens (including phenoxy) is 1. The van der Waals surface area contributed by atoms with E-state index < -0.39 is 11.6 Å². The van der Waals surface area contributed by atoms with E-state index in [1.54, 1.807) is 18.2 Å². The molecule has 0 fully saturated rings. The number of fused-ring (bicyclic) bond motifs is 1. The van der Waals surface area contributed by atoms with Crippen LogP contribution in [0.3, 0.4) is 0 Å². The van der Waals surface area contributed by atoms with Crippen molar-refractivity contribution in [2.75, 3.05) is 5.75 Å². The van der Waals surface area contributed by atoms with Crippen molar-refractivity contribution in [1.82, 2.24) is 0 Å². The first-order chi connectivity index (χ1) is 9.04. The molecule has 0 saturated carbocycles. The Morgan fingerprint density at radius 1 is 1.37 bits per heavy atom. The topological polar surface area (TPSA) is 106 Å². The lowest BCUT2D eigenvalue weighted by molar-refractivity contribution is -0.131. The molecule has 6 nitrogen and oxygen atoms in total. The van der Waals surface area contributed by atoms with Gasteiger partial charge in [0.15, 0.2) is 5.17 Å². The summed E-state index contributed by atoms with van der Waals surface area (Å²) >= 11 is 0.878. The summed E-state index contributed by atoms with van der Waals surface area (Å²) in [4.78, 5) is 22.5. The second-order valence-corrected chi connectivity index (χ2v) is 4.60. The zero-order valence-corrected chi connectivity index (χ0v) is 10.5. The molecule has 1 heterocycles. The smallest absolute Gasteiger partial charge is 0.336 e. The second kappa shape index (κ2) is 5.57. The molecule has 0 bridgehead atoms. The average molecular weight is 278 g/mol. The molecule has 0 spiro atoms. The van der Waals surface area contributed by atoms with Gasteiger partial charge in [0.2, 0.25) is 0 Å². The predicted molar refractivity (Wildman–Crippen MR) is 72.5 cm³/mol. The number of thioether (sulfide) groups is 1. The molecule has 0 saturated heterocycles. The first-order valence-corrected chi connectivity index (χ1v) is 6.24. The van der Waals surface area contributed by atoms with Crippen LogP contribution in [-0.4, -0.2) is 16.9 Å². The molecule has 0 amide bonds. The summed E-state index contributed by atoms with van der Waals surface area (Å²) < 4.78 is 10.0. The summed E-state index contributed by atoms with van der Waals surface area (Å²) in [6.07, 6.45) is 0. The number of carbonyl (C=O) groups is 1. The van der Waals surface area contributed by atoms with Crippen molar-refractivity contribution in [1.29, 1.82) is 5.41 Å². The minimum Gasteiger partial charge on any atom is -0.426 e. The van der Waals surface area contributed by atoms with Crippen molar-refractivity contribution in [3.8, 4) is 5.75 Å². The molecule has 0 atom stereocenters. The Kier molecular flexibility index (Phi) is 3.86. The van der Waals surface area contributed by atoms with Gasteiger partial charge in [-0.2, -0.15) is 0 Å². The number of carbonyl (C=O) groups excluding carboxylic acids is 1. The molecular formula is C12H10N2O4S. The molecule has 0 aliphatic rings. The van der Waals surface area contributed by atoms with E-state index in [0.717, 1.165) is 17.1 Å². The first kappa shape index (κ1) is 13.2. The van der Waals surface area contributed by atoms with Gasteiger partial charge in [0, 0.05) is 17.5 Å². The third-order valence-electron chi connectivity index (χ3n) is 2.17. The fourth-order valence-corrected chi connectivity index (χ4v) is 1.73. The molecule has 2 rings (SSSR count). The largest absolute Gasteiger partial charge is 0.426 e. The number of nitrogens with two attached hydrogens (primary N) is 1. The number of rotatable bonds is 3. The van der Waals surface area contributed by atoms with Gasteiger partial charge in [0.1, 0.15) is 11.3 Å². The SMILES string of the molecule is N=C(N)SCC(=O)Oc1ccc2ccc(=O)oc2c1. The number of hydrogen-bond acceptors (Lipinski definition) is 6. The van der Waals surface area contributed by atoms with E-state index >= 15 is 0 Å². The maximum Gasteiger partial charge on any atom is 0.336 e. The average Bonchev–Trinajstić information content (AvgIpc) is 2.36. The molecular weight excluding hydrogens is 268 g/mol. The molecule has 0 aliphatic heterocycles. The van der Waals surface area contributed by atoms with Gasteiger partial charge >= 0.3 is 11.6 Å². The van der Waals surface area contributed by atoms with Crippen LogP contribution in [0.4, 0.5) is 0 Å². The van der Waals surface area contributed by atoms with Crippen molar-refractivity contribution < 1.29 is 13.9 Å².